The van der Waals surface area contributed by atoms with E-state index < -0.39 is 6.10 Å². The van der Waals surface area contributed by atoms with E-state index in [2.05, 4.69) is 5.10 Å². The summed E-state index contributed by atoms with van der Waals surface area (Å²) in [5.41, 5.74) is 6.61. The standard InChI is InChI=1S/C12H15N3O/c1-9(15-11(13)7-8-14-15)12(16)10-5-3-2-4-6-10/h2-9,12,16H,13H2,1H3. The maximum Gasteiger partial charge on any atom is 0.122 e. The van der Waals surface area contributed by atoms with Gasteiger partial charge in [0.25, 0.3) is 0 Å². The predicted octanol–water partition coefficient (Wildman–Crippen LogP) is 1.76. The second-order valence-electron chi connectivity index (χ2n) is 3.80. The molecule has 0 bridgehead atoms. The highest BCUT2D eigenvalue weighted by Gasteiger charge is 2.19. The maximum atomic E-state index is 10.2. The first-order valence-corrected chi connectivity index (χ1v) is 5.22. The van der Waals surface area contributed by atoms with Crippen LogP contribution in [0.5, 0.6) is 0 Å². The molecule has 0 aliphatic carbocycles. The van der Waals surface area contributed by atoms with Crippen LogP contribution in [-0.2, 0) is 0 Å². The molecule has 4 heteroatoms. The molecule has 1 aromatic heterocycles. The highest BCUT2D eigenvalue weighted by Crippen LogP contribution is 2.26. The molecule has 0 saturated carbocycles. The fraction of sp³-hybridized carbons (Fsp3) is 0.250. The van der Waals surface area contributed by atoms with Crippen molar-refractivity contribution in [1.82, 2.24) is 9.78 Å². The van der Waals surface area contributed by atoms with Crippen LogP contribution in [0.2, 0.25) is 0 Å². The summed E-state index contributed by atoms with van der Waals surface area (Å²) in [6.07, 6.45) is 1.02. The van der Waals surface area contributed by atoms with E-state index in [9.17, 15) is 5.11 Å². The van der Waals surface area contributed by atoms with Crippen LogP contribution >= 0.6 is 0 Å². The number of rotatable bonds is 3. The van der Waals surface area contributed by atoms with Gasteiger partial charge in [-0.1, -0.05) is 30.3 Å². The number of anilines is 1. The van der Waals surface area contributed by atoms with E-state index in [-0.39, 0.29) is 6.04 Å². The van der Waals surface area contributed by atoms with Gasteiger partial charge in [-0.3, -0.25) is 0 Å². The SMILES string of the molecule is CC(C(O)c1ccccc1)n1nccc1N. The Kier molecular flexibility index (Phi) is 2.92. The van der Waals surface area contributed by atoms with Gasteiger partial charge in [-0.05, 0) is 18.6 Å². The fourth-order valence-electron chi connectivity index (χ4n) is 1.73. The highest BCUT2D eigenvalue weighted by atomic mass is 16.3. The minimum atomic E-state index is -0.608. The van der Waals surface area contributed by atoms with Crippen molar-refractivity contribution in [3.63, 3.8) is 0 Å². The van der Waals surface area contributed by atoms with Crippen molar-refractivity contribution in [3.05, 3.63) is 48.2 Å². The molecule has 0 fully saturated rings. The summed E-state index contributed by atoms with van der Waals surface area (Å²) in [6, 6.07) is 11.0. The number of hydrogen-bond acceptors (Lipinski definition) is 3. The Morgan fingerprint density at radius 3 is 2.50 bits per heavy atom. The molecule has 1 aromatic carbocycles. The van der Waals surface area contributed by atoms with Gasteiger partial charge in [0.15, 0.2) is 0 Å². The number of nitrogens with two attached hydrogens (primary N) is 1. The Morgan fingerprint density at radius 2 is 1.94 bits per heavy atom. The molecule has 0 spiro atoms. The molecule has 2 unspecified atom stereocenters. The van der Waals surface area contributed by atoms with E-state index in [1.165, 1.54) is 0 Å². The van der Waals surface area contributed by atoms with Crippen molar-refractivity contribution < 1.29 is 5.11 Å². The van der Waals surface area contributed by atoms with Crippen LogP contribution < -0.4 is 5.73 Å². The molecule has 2 aromatic rings. The smallest absolute Gasteiger partial charge is 0.122 e. The molecular weight excluding hydrogens is 202 g/mol. The predicted molar refractivity (Wildman–Crippen MR) is 62.8 cm³/mol. The van der Waals surface area contributed by atoms with Crippen LogP contribution in [0.3, 0.4) is 0 Å². The zero-order chi connectivity index (χ0) is 11.5. The molecule has 0 saturated heterocycles. The molecule has 0 aliphatic heterocycles. The summed E-state index contributed by atoms with van der Waals surface area (Å²) in [5.74, 6) is 0.558. The Bertz CT molecular complexity index is 452. The Labute approximate surface area is 94.3 Å². The third kappa shape index (κ3) is 1.92. The molecule has 2 rings (SSSR count). The molecule has 84 valence electrons. The summed E-state index contributed by atoms with van der Waals surface area (Å²) in [6.45, 7) is 1.89. The third-order valence-electron chi connectivity index (χ3n) is 2.68. The first-order chi connectivity index (χ1) is 7.70. The molecule has 0 amide bonds. The van der Waals surface area contributed by atoms with Gasteiger partial charge in [0.2, 0.25) is 0 Å². The van der Waals surface area contributed by atoms with Crippen molar-refractivity contribution in [2.75, 3.05) is 5.73 Å². The number of aliphatic hydroxyl groups excluding tert-OH is 1. The summed E-state index contributed by atoms with van der Waals surface area (Å²) in [4.78, 5) is 0. The summed E-state index contributed by atoms with van der Waals surface area (Å²) < 4.78 is 1.62. The van der Waals surface area contributed by atoms with Crippen LogP contribution in [0.4, 0.5) is 5.82 Å². The maximum absolute atomic E-state index is 10.2. The van der Waals surface area contributed by atoms with E-state index in [0.717, 1.165) is 5.56 Å². The van der Waals surface area contributed by atoms with E-state index >= 15 is 0 Å². The lowest BCUT2D eigenvalue weighted by molar-refractivity contribution is 0.117. The number of nitrogen functional groups attached to an aromatic ring is 1. The van der Waals surface area contributed by atoms with Gasteiger partial charge < -0.3 is 10.8 Å². The minimum absolute atomic E-state index is 0.183. The molecular formula is C12H15N3O. The monoisotopic (exact) mass is 217 g/mol. The largest absolute Gasteiger partial charge is 0.386 e. The van der Waals surface area contributed by atoms with Crippen molar-refractivity contribution in [2.45, 2.75) is 19.1 Å². The Balaban J connectivity index is 2.23. The number of aromatic nitrogens is 2. The van der Waals surface area contributed by atoms with Gasteiger partial charge in [0, 0.05) is 0 Å². The molecule has 2 atom stereocenters. The van der Waals surface area contributed by atoms with Crippen LogP contribution in [0.15, 0.2) is 42.6 Å². The van der Waals surface area contributed by atoms with Gasteiger partial charge in [-0.15, -0.1) is 0 Å². The van der Waals surface area contributed by atoms with Gasteiger partial charge in [-0.25, -0.2) is 4.68 Å². The summed E-state index contributed by atoms with van der Waals surface area (Å²) >= 11 is 0. The highest BCUT2D eigenvalue weighted by molar-refractivity contribution is 5.28. The lowest BCUT2D eigenvalue weighted by atomic mass is 10.0. The first kappa shape index (κ1) is 10.7. The normalized spacial score (nSPS) is 14.6. The van der Waals surface area contributed by atoms with E-state index in [4.69, 9.17) is 5.73 Å². The lowest BCUT2D eigenvalue weighted by Gasteiger charge is -2.20. The van der Waals surface area contributed by atoms with Crippen LogP contribution in [0, 0.1) is 0 Å². The minimum Gasteiger partial charge on any atom is -0.386 e. The Hall–Kier alpha value is -1.81. The number of nitrogens with zero attached hydrogens (tertiary/aromatic N) is 2. The van der Waals surface area contributed by atoms with E-state index in [1.807, 2.05) is 37.3 Å². The Morgan fingerprint density at radius 1 is 1.25 bits per heavy atom. The number of hydrogen-bond donors (Lipinski definition) is 2. The molecule has 0 aliphatic rings. The topological polar surface area (TPSA) is 64.1 Å². The fourth-order valence-corrected chi connectivity index (χ4v) is 1.73. The molecule has 3 N–H and O–H groups in total. The van der Waals surface area contributed by atoms with Gasteiger partial charge >= 0.3 is 0 Å². The van der Waals surface area contributed by atoms with E-state index in [1.54, 1.807) is 16.9 Å². The van der Waals surface area contributed by atoms with E-state index in [0.29, 0.717) is 5.82 Å². The van der Waals surface area contributed by atoms with Gasteiger partial charge in [0.05, 0.1) is 12.2 Å². The molecule has 4 nitrogen and oxygen atoms in total. The zero-order valence-electron chi connectivity index (χ0n) is 9.12. The quantitative estimate of drug-likeness (QED) is 0.823. The average Bonchev–Trinajstić information content (AvgIpc) is 2.75. The van der Waals surface area contributed by atoms with Crippen molar-refractivity contribution in [1.29, 1.82) is 0 Å². The van der Waals surface area contributed by atoms with Gasteiger partial charge in [0.1, 0.15) is 11.9 Å². The van der Waals surface area contributed by atoms with Crippen LogP contribution in [0.1, 0.15) is 24.6 Å². The average molecular weight is 217 g/mol. The van der Waals surface area contributed by atoms with Crippen molar-refractivity contribution in [3.8, 4) is 0 Å². The molecule has 0 radical (unpaired) electrons. The third-order valence-corrected chi connectivity index (χ3v) is 2.68. The zero-order valence-corrected chi connectivity index (χ0v) is 9.12. The number of aliphatic hydroxyl groups is 1. The molecule has 1 heterocycles. The first-order valence-electron chi connectivity index (χ1n) is 5.22. The number of benzene rings is 1. The van der Waals surface area contributed by atoms with Crippen molar-refractivity contribution in [2.24, 2.45) is 0 Å². The lowest BCUT2D eigenvalue weighted by Crippen LogP contribution is -2.17. The summed E-state index contributed by atoms with van der Waals surface area (Å²) in [5, 5.41) is 14.3. The molecule has 16 heavy (non-hydrogen) atoms. The van der Waals surface area contributed by atoms with Crippen molar-refractivity contribution >= 4 is 5.82 Å². The van der Waals surface area contributed by atoms with Gasteiger partial charge in [-0.2, -0.15) is 5.10 Å². The van der Waals surface area contributed by atoms with Crippen LogP contribution in [-0.4, -0.2) is 14.9 Å². The second kappa shape index (κ2) is 4.37. The van der Waals surface area contributed by atoms with Crippen LogP contribution in [0.25, 0.3) is 0 Å². The second-order valence-corrected chi connectivity index (χ2v) is 3.80. The summed E-state index contributed by atoms with van der Waals surface area (Å²) in [7, 11) is 0.